The quantitative estimate of drug-likeness (QED) is 0.572. The van der Waals surface area contributed by atoms with Gasteiger partial charge >= 0.3 is 0 Å². The molecule has 1 heterocycles. The van der Waals surface area contributed by atoms with Gasteiger partial charge in [0.15, 0.2) is 0 Å². The average molecular weight is 314 g/mol. The van der Waals surface area contributed by atoms with Crippen molar-refractivity contribution in [3.63, 3.8) is 0 Å². The summed E-state index contributed by atoms with van der Waals surface area (Å²) in [6, 6.07) is 7.24. The number of ether oxygens (including phenoxy) is 1. The Hall–Kier alpha value is -0.995. The Kier molecular flexibility index (Phi) is 5.33. The minimum Gasteiger partial charge on any atom is -0.493 e. The summed E-state index contributed by atoms with van der Waals surface area (Å²) in [7, 11) is 2.25. The first-order chi connectivity index (χ1) is 11.1. The highest BCUT2D eigenvalue weighted by Crippen LogP contribution is 2.38. The molecule has 0 saturated heterocycles. The molecule has 0 bridgehead atoms. The van der Waals surface area contributed by atoms with Crippen LogP contribution in [0.25, 0.3) is 0 Å². The molecule has 3 nitrogen and oxygen atoms in total. The molecule has 0 radical (unpaired) electrons. The van der Waals surface area contributed by atoms with Crippen molar-refractivity contribution in [2.45, 2.75) is 69.9 Å². The van der Waals surface area contributed by atoms with Crippen LogP contribution in [0.4, 0.5) is 0 Å². The van der Waals surface area contributed by atoms with Gasteiger partial charge in [0.05, 0.1) is 6.61 Å². The number of nitrogens with one attached hydrogen (secondary N) is 1. The van der Waals surface area contributed by atoms with E-state index in [0.29, 0.717) is 12.0 Å². The van der Waals surface area contributed by atoms with Gasteiger partial charge in [-0.25, -0.2) is 0 Å². The standard InChI is InChI=1S/C19H31BN2O/c1-19(21,7-2-3-8-20)16-11-17(12-16)22-13-14-4-5-18-15(10-14)6-9-23-18/h4-5,10,16-17,22H,2-3,6-9,11-13,20-21H2,1H3/t16-,17+,19?. The highest BCUT2D eigenvalue weighted by molar-refractivity contribution is 6.08. The number of rotatable bonds is 8. The summed E-state index contributed by atoms with van der Waals surface area (Å²) in [5.74, 6) is 1.76. The molecule has 3 rings (SSSR count). The lowest BCUT2D eigenvalue weighted by atomic mass is 9.67. The van der Waals surface area contributed by atoms with Crippen LogP contribution < -0.4 is 15.8 Å². The Bertz CT molecular complexity index is 526. The van der Waals surface area contributed by atoms with E-state index in [1.165, 1.54) is 49.6 Å². The van der Waals surface area contributed by atoms with Gasteiger partial charge in [-0.2, -0.15) is 0 Å². The maximum Gasteiger partial charge on any atom is 0.122 e. The maximum absolute atomic E-state index is 6.55. The molecule has 0 aromatic heterocycles. The topological polar surface area (TPSA) is 47.3 Å². The van der Waals surface area contributed by atoms with Crippen molar-refractivity contribution in [3.8, 4) is 5.75 Å². The van der Waals surface area contributed by atoms with Crippen molar-refractivity contribution in [2.24, 2.45) is 11.7 Å². The second-order valence-corrected chi connectivity index (χ2v) is 7.75. The monoisotopic (exact) mass is 314 g/mol. The molecular formula is C19H31BN2O. The van der Waals surface area contributed by atoms with Gasteiger partial charge < -0.3 is 15.8 Å². The third-order valence-electron chi connectivity index (χ3n) is 5.74. The predicted octanol–water partition coefficient (Wildman–Crippen LogP) is 2.43. The molecule has 1 aromatic carbocycles. The van der Waals surface area contributed by atoms with Crippen molar-refractivity contribution in [1.82, 2.24) is 5.32 Å². The lowest BCUT2D eigenvalue weighted by Gasteiger charge is -2.46. The third-order valence-corrected chi connectivity index (χ3v) is 5.74. The number of fused-ring (bicyclic) bond motifs is 1. The Morgan fingerprint density at radius 1 is 1.35 bits per heavy atom. The summed E-state index contributed by atoms with van der Waals surface area (Å²) >= 11 is 0. The fourth-order valence-electron chi connectivity index (χ4n) is 3.90. The summed E-state index contributed by atoms with van der Waals surface area (Å²) < 4.78 is 5.57. The zero-order valence-electron chi connectivity index (χ0n) is 14.7. The third kappa shape index (κ3) is 4.10. The molecule has 0 amide bonds. The highest BCUT2D eigenvalue weighted by Gasteiger charge is 2.39. The van der Waals surface area contributed by atoms with E-state index in [1.807, 2.05) is 0 Å². The zero-order chi connectivity index (χ0) is 16.3. The lowest BCUT2D eigenvalue weighted by Crippen LogP contribution is -2.54. The molecule has 126 valence electrons. The SMILES string of the molecule is BCCCCC(C)(N)[C@H]1C[C@@H](NCc2ccc3c(c2)CCO3)C1. The molecule has 23 heavy (non-hydrogen) atoms. The van der Waals surface area contributed by atoms with Gasteiger partial charge in [-0.3, -0.25) is 0 Å². The number of nitrogens with two attached hydrogens (primary N) is 1. The lowest BCUT2D eigenvalue weighted by molar-refractivity contribution is 0.123. The molecule has 1 aliphatic heterocycles. The molecular weight excluding hydrogens is 283 g/mol. The van der Waals surface area contributed by atoms with Crippen LogP contribution in [-0.4, -0.2) is 26.0 Å². The van der Waals surface area contributed by atoms with Crippen molar-refractivity contribution < 1.29 is 4.74 Å². The molecule has 1 atom stereocenters. The summed E-state index contributed by atoms with van der Waals surface area (Å²) in [5, 5.41) is 3.70. The molecule has 0 spiro atoms. The van der Waals surface area contributed by atoms with Crippen molar-refractivity contribution >= 4 is 7.85 Å². The van der Waals surface area contributed by atoms with Gasteiger partial charge in [0.25, 0.3) is 0 Å². The smallest absolute Gasteiger partial charge is 0.122 e. The average Bonchev–Trinajstić information content (AvgIpc) is 2.93. The summed E-state index contributed by atoms with van der Waals surface area (Å²) in [4.78, 5) is 0. The van der Waals surface area contributed by atoms with E-state index < -0.39 is 0 Å². The first-order valence-electron chi connectivity index (χ1n) is 9.35. The van der Waals surface area contributed by atoms with Crippen molar-refractivity contribution in [3.05, 3.63) is 29.3 Å². The van der Waals surface area contributed by atoms with Gasteiger partial charge in [0.2, 0.25) is 0 Å². The maximum atomic E-state index is 6.55. The predicted molar refractivity (Wildman–Crippen MR) is 98.8 cm³/mol. The first kappa shape index (κ1) is 16.8. The fraction of sp³-hybridized carbons (Fsp3) is 0.684. The van der Waals surface area contributed by atoms with Crippen LogP contribution in [0.1, 0.15) is 50.2 Å². The van der Waals surface area contributed by atoms with Gasteiger partial charge in [-0.15, -0.1) is 0 Å². The number of benzene rings is 1. The van der Waals surface area contributed by atoms with Crippen molar-refractivity contribution in [2.75, 3.05) is 6.61 Å². The van der Waals surface area contributed by atoms with E-state index in [4.69, 9.17) is 10.5 Å². The molecule has 1 aromatic rings. The number of hydrogen-bond acceptors (Lipinski definition) is 3. The van der Waals surface area contributed by atoms with Crippen LogP contribution in [0.3, 0.4) is 0 Å². The van der Waals surface area contributed by atoms with Crippen LogP contribution in [0.2, 0.25) is 6.32 Å². The fourth-order valence-corrected chi connectivity index (χ4v) is 3.90. The highest BCUT2D eigenvalue weighted by atomic mass is 16.5. The van der Waals surface area contributed by atoms with E-state index in [2.05, 4.69) is 38.3 Å². The van der Waals surface area contributed by atoms with Crippen LogP contribution >= 0.6 is 0 Å². The van der Waals surface area contributed by atoms with Gasteiger partial charge in [-0.05, 0) is 49.3 Å². The van der Waals surface area contributed by atoms with Gasteiger partial charge in [-0.1, -0.05) is 31.3 Å². The number of unbranched alkanes of at least 4 members (excludes halogenated alkanes) is 1. The van der Waals surface area contributed by atoms with E-state index in [1.54, 1.807) is 0 Å². The van der Waals surface area contributed by atoms with Gasteiger partial charge in [0.1, 0.15) is 13.6 Å². The molecule has 1 saturated carbocycles. The first-order valence-corrected chi connectivity index (χ1v) is 9.35. The molecule has 1 unspecified atom stereocenters. The summed E-state index contributed by atoms with van der Waals surface area (Å²) in [6.07, 6.45) is 8.54. The Labute approximate surface area is 141 Å². The largest absolute Gasteiger partial charge is 0.493 e. The van der Waals surface area contributed by atoms with Crippen LogP contribution in [-0.2, 0) is 13.0 Å². The summed E-state index contributed by atoms with van der Waals surface area (Å²) in [6.45, 7) is 4.05. The second-order valence-electron chi connectivity index (χ2n) is 7.75. The van der Waals surface area contributed by atoms with E-state index in [-0.39, 0.29) is 5.54 Å². The minimum atomic E-state index is 0.0261. The number of hydrogen-bond donors (Lipinski definition) is 2. The van der Waals surface area contributed by atoms with Gasteiger partial charge in [0, 0.05) is 24.5 Å². The molecule has 1 aliphatic carbocycles. The normalized spacial score (nSPS) is 25.3. The second kappa shape index (κ2) is 7.27. The minimum absolute atomic E-state index is 0.0261. The van der Waals surface area contributed by atoms with Crippen LogP contribution in [0.5, 0.6) is 5.75 Å². The van der Waals surface area contributed by atoms with E-state index >= 15 is 0 Å². The van der Waals surface area contributed by atoms with Crippen LogP contribution in [0, 0.1) is 5.92 Å². The van der Waals surface area contributed by atoms with E-state index in [9.17, 15) is 0 Å². The Morgan fingerprint density at radius 3 is 2.96 bits per heavy atom. The van der Waals surface area contributed by atoms with Crippen LogP contribution in [0.15, 0.2) is 18.2 Å². The Balaban J connectivity index is 1.40. The summed E-state index contributed by atoms with van der Waals surface area (Å²) in [5.41, 5.74) is 9.31. The molecule has 1 fully saturated rings. The van der Waals surface area contributed by atoms with Crippen molar-refractivity contribution in [1.29, 1.82) is 0 Å². The molecule has 3 N–H and O–H groups in total. The zero-order valence-corrected chi connectivity index (χ0v) is 14.7. The molecule has 4 heteroatoms. The Morgan fingerprint density at radius 2 is 2.17 bits per heavy atom. The molecule has 2 aliphatic rings. The van der Waals surface area contributed by atoms with E-state index in [0.717, 1.165) is 25.3 Å².